The van der Waals surface area contributed by atoms with E-state index < -0.39 is 26.7 Å². The van der Waals surface area contributed by atoms with E-state index in [0.29, 0.717) is 11.1 Å². The lowest BCUT2D eigenvalue weighted by Crippen LogP contribution is -2.28. The van der Waals surface area contributed by atoms with Crippen LogP contribution >= 0.6 is 0 Å². The highest BCUT2D eigenvalue weighted by Gasteiger charge is 2.19. The van der Waals surface area contributed by atoms with Gasteiger partial charge in [0.15, 0.2) is 0 Å². The van der Waals surface area contributed by atoms with Gasteiger partial charge in [-0.1, -0.05) is 32.7 Å². The maximum atomic E-state index is 11.5. The van der Waals surface area contributed by atoms with Gasteiger partial charge in [0.25, 0.3) is 0 Å². The average molecular weight is 237 g/mol. The van der Waals surface area contributed by atoms with Crippen molar-refractivity contribution < 1.29 is 8.42 Å². The smallest absolute Gasteiger partial charge is 0.147 e. The quantitative estimate of drug-likeness (QED) is 0.686. The van der Waals surface area contributed by atoms with Crippen LogP contribution in [0.15, 0.2) is 0 Å². The molecular formula is C8H21O2SSi2. The summed E-state index contributed by atoms with van der Waals surface area (Å²) in [5, 5.41) is 0.447. The van der Waals surface area contributed by atoms with Gasteiger partial charge < -0.3 is 0 Å². The second-order valence-electron chi connectivity index (χ2n) is 5.11. The first kappa shape index (κ1) is 13.4. The van der Waals surface area contributed by atoms with E-state index in [1.165, 1.54) is 0 Å². The Morgan fingerprint density at radius 3 is 1.92 bits per heavy atom. The minimum atomic E-state index is -2.73. The normalized spacial score (nSPS) is 13.7. The van der Waals surface area contributed by atoms with Crippen LogP contribution in [0.4, 0.5) is 0 Å². The van der Waals surface area contributed by atoms with Gasteiger partial charge >= 0.3 is 0 Å². The first-order valence-electron chi connectivity index (χ1n) is 4.62. The van der Waals surface area contributed by atoms with Crippen molar-refractivity contribution in [1.29, 1.82) is 0 Å². The van der Waals surface area contributed by atoms with Crippen LogP contribution in [0.3, 0.4) is 0 Å². The van der Waals surface area contributed by atoms with Crippen molar-refractivity contribution in [3.05, 3.63) is 0 Å². The molecule has 0 fully saturated rings. The molecule has 0 rings (SSSR count). The van der Waals surface area contributed by atoms with Gasteiger partial charge in [-0.05, 0) is 6.04 Å². The third kappa shape index (κ3) is 8.71. The van der Waals surface area contributed by atoms with Crippen LogP contribution in [0.5, 0.6) is 0 Å². The minimum Gasteiger partial charge on any atom is -0.229 e. The molecule has 5 heteroatoms. The summed E-state index contributed by atoms with van der Waals surface area (Å²) in [6.07, 6.45) is 0. The molecular weight excluding hydrogens is 216 g/mol. The monoisotopic (exact) mass is 237 g/mol. The predicted octanol–water partition coefficient (Wildman–Crippen LogP) is 2.03. The summed E-state index contributed by atoms with van der Waals surface area (Å²) in [5.74, 6) is 0.415. The first-order chi connectivity index (χ1) is 5.62. The maximum absolute atomic E-state index is 11.5. The van der Waals surface area contributed by atoms with Crippen molar-refractivity contribution >= 4 is 26.7 Å². The van der Waals surface area contributed by atoms with Crippen LogP contribution in [-0.4, -0.2) is 36.4 Å². The van der Waals surface area contributed by atoms with Crippen molar-refractivity contribution in [3.8, 4) is 0 Å². The van der Waals surface area contributed by atoms with Crippen molar-refractivity contribution in [2.75, 3.05) is 11.1 Å². The molecule has 0 aromatic rings. The molecule has 0 N–H and O–H groups in total. The Morgan fingerprint density at radius 2 is 1.62 bits per heavy atom. The van der Waals surface area contributed by atoms with E-state index in [2.05, 4.69) is 32.7 Å². The molecule has 0 amide bonds. The molecule has 0 heterocycles. The Labute approximate surface area is 85.3 Å². The highest BCUT2D eigenvalue weighted by molar-refractivity contribution is 7.92. The molecule has 0 aliphatic rings. The van der Waals surface area contributed by atoms with Gasteiger partial charge in [0.2, 0.25) is 0 Å². The predicted molar refractivity (Wildman–Crippen MR) is 64.3 cm³/mol. The van der Waals surface area contributed by atoms with Gasteiger partial charge in [0.05, 0.1) is 8.80 Å². The van der Waals surface area contributed by atoms with Crippen molar-refractivity contribution in [2.45, 2.75) is 38.8 Å². The summed E-state index contributed by atoms with van der Waals surface area (Å²) >= 11 is 0. The average Bonchev–Trinajstić information content (AvgIpc) is 1.79. The van der Waals surface area contributed by atoms with Gasteiger partial charge in [-0.2, -0.15) is 0 Å². The summed E-state index contributed by atoms with van der Waals surface area (Å²) in [6, 6.07) is 0.907. The maximum Gasteiger partial charge on any atom is 0.147 e. The van der Waals surface area contributed by atoms with E-state index in [-0.39, 0.29) is 0 Å². The lowest BCUT2D eigenvalue weighted by atomic mass is 11.0. The molecule has 0 saturated carbocycles. The van der Waals surface area contributed by atoms with Gasteiger partial charge in [-0.15, -0.1) is 0 Å². The van der Waals surface area contributed by atoms with E-state index in [1.807, 2.05) is 0 Å². The molecule has 79 valence electrons. The first-order valence-corrected chi connectivity index (χ1v) is 12.9. The highest BCUT2D eigenvalue weighted by Crippen LogP contribution is 2.10. The molecule has 0 aromatic heterocycles. The van der Waals surface area contributed by atoms with Gasteiger partial charge in [-0.3, -0.25) is 0 Å². The zero-order valence-corrected chi connectivity index (χ0v) is 12.2. The summed E-state index contributed by atoms with van der Waals surface area (Å²) in [7, 11) is -4.55. The van der Waals surface area contributed by atoms with Crippen molar-refractivity contribution in [3.63, 3.8) is 0 Å². The fourth-order valence-corrected chi connectivity index (χ4v) is 8.76. The summed E-state index contributed by atoms with van der Waals surface area (Å²) in [6.45, 7) is 10.7. The number of hydrogen-bond donors (Lipinski definition) is 0. The Hall–Kier alpha value is 0.384. The second-order valence-corrected chi connectivity index (χ2v) is 16.2. The van der Waals surface area contributed by atoms with Crippen LogP contribution in [0.2, 0.25) is 38.8 Å². The number of sulfone groups is 1. The fourth-order valence-electron chi connectivity index (χ4n) is 0.974. The Bertz CT molecular complexity index is 239. The van der Waals surface area contributed by atoms with Crippen LogP contribution in [0, 0.1) is 0 Å². The van der Waals surface area contributed by atoms with E-state index in [1.54, 1.807) is 0 Å². The van der Waals surface area contributed by atoms with Crippen LogP contribution in [0.25, 0.3) is 0 Å². The molecule has 0 aromatic carbocycles. The fraction of sp³-hybridized carbons (Fsp3) is 1.00. The minimum absolute atomic E-state index is 0.415. The zero-order chi connectivity index (χ0) is 10.7. The summed E-state index contributed by atoms with van der Waals surface area (Å²) in [5.41, 5.74) is 0. The molecule has 0 unspecified atom stereocenters. The molecule has 0 aliphatic carbocycles. The SMILES string of the molecule is C[Si](C)CS(=O)(=O)CC[Si](C)(C)C. The van der Waals surface area contributed by atoms with Gasteiger partial charge in [-0.25, -0.2) is 8.42 Å². The molecule has 0 bridgehead atoms. The molecule has 0 atom stereocenters. The third-order valence-electron chi connectivity index (χ3n) is 1.67. The second kappa shape index (κ2) is 4.75. The van der Waals surface area contributed by atoms with E-state index in [0.717, 1.165) is 6.04 Å². The Morgan fingerprint density at radius 1 is 1.15 bits per heavy atom. The van der Waals surface area contributed by atoms with Gasteiger partial charge in [0.1, 0.15) is 9.84 Å². The van der Waals surface area contributed by atoms with Crippen molar-refractivity contribution in [1.82, 2.24) is 0 Å². The standard InChI is InChI=1S/C8H21O2SSi2/c1-12(2)8-11(9,10)6-7-13(3,4)5/h6-8H2,1-5H3. The lowest BCUT2D eigenvalue weighted by molar-refractivity contribution is 0.601. The summed E-state index contributed by atoms with van der Waals surface area (Å²) in [4.78, 5) is 0. The number of rotatable bonds is 5. The van der Waals surface area contributed by atoms with Gasteiger partial charge in [0, 0.05) is 19.2 Å². The molecule has 0 spiro atoms. The largest absolute Gasteiger partial charge is 0.229 e. The third-order valence-corrected chi connectivity index (χ3v) is 8.68. The lowest BCUT2D eigenvalue weighted by Gasteiger charge is -2.15. The topological polar surface area (TPSA) is 34.1 Å². The van der Waals surface area contributed by atoms with E-state index >= 15 is 0 Å². The zero-order valence-electron chi connectivity index (χ0n) is 9.35. The summed E-state index contributed by atoms with van der Waals surface area (Å²) < 4.78 is 23.1. The molecule has 1 radical (unpaired) electrons. The molecule has 0 saturated heterocycles. The molecule has 2 nitrogen and oxygen atoms in total. The van der Waals surface area contributed by atoms with Crippen LogP contribution < -0.4 is 0 Å². The number of hydrogen-bond acceptors (Lipinski definition) is 2. The Balaban J connectivity index is 4.06. The van der Waals surface area contributed by atoms with Crippen molar-refractivity contribution in [2.24, 2.45) is 0 Å². The Kier molecular flexibility index (Phi) is 4.89. The highest BCUT2D eigenvalue weighted by atomic mass is 32.2. The van der Waals surface area contributed by atoms with Crippen LogP contribution in [0.1, 0.15) is 0 Å². The van der Waals surface area contributed by atoms with E-state index in [4.69, 9.17) is 0 Å². The molecule has 13 heavy (non-hydrogen) atoms. The van der Waals surface area contributed by atoms with Crippen LogP contribution in [-0.2, 0) is 9.84 Å². The molecule has 0 aliphatic heterocycles. The van der Waals surface area contributed by atoms with E-state index in [9.17, 15) is 8.42 Å².